The van der Waals surface area contributed by atoms with Gasteiger partial charge in [0.15, 0.2) is 0 Å². The van der Waals surface area contributed by atoms with Crippen LogP contribution in [0.25, 0.3) is 44.1 Å². The predicted molar refractivity (Wildman–Crippen MR) is 309 cm³/mol. The molecule has 464 valence electrons. The molecule has 11 rings (SSSR count). The van der Waals surface area contributed by atoms with E-state index in [2.05, 4.69) is 23.1 Å². The Bertz CT molecular complexity index is 3920. The number of hydrogen-bond acceptors (Lipinski definition) is 14. The second kappa shape index (κ2) is 23.3. The van der Waals surface area contributed by atoms with Crippen LogP contribution < -0.4 is 21.2 Å². The molecule has 2 aromatic heterocycles. The first-order valence-electron chi connectivity index (χ1n) is 27.6. The number of amides is 1. The molecule has 15 nitrogen and oxygen atoms in total. The number of alkyl halides is 6. The normalized spacial score (nSPS) is 22.3. The van der Waals surface area contributed by atoms with Gasteiger partial charge in [-0.1, -0.05) is 24.8 Å². The van der Waals surface area contributed by atoms with Crippen molar-refractivity contribution in [3.8, 4) is 22.3 Å². The summed E-state index contributed by atoms with van der Waals surface area (Å²) in [6.45, 7) is 14.5. The Morgan fingerprint density at radius 2 is 1.32 bits per heavy atom. The number of carbonyl (C=O) groups excluding carboxylic acids is 1. The minimum Gasteiger partial charge on any atom is -0.382 e. The largest absolute Gasteiger partial charge is 0.417 e. The zero-order valence-electron chi connectivity index (χ0n) is 47.3. The predicted octanol–water partition coefficient (Wildman–Crippen LogP) is 10.4. The van der Waals surface area contributed by atoms with Gasteiger partial charge in [-0.3, -0.25) is 18.8 Å². The van der Waals surface area contributed by atoms with Gasteiger partial charge in [0.05, 0.1) is 59.7 Å². The van der Waals surface area contributed by atoms with Crippen molar-refractivity contribution in [1.29, 1.82) is 0 Å². The number of thioether (sulfide) groups is 2. The van der Waals surface area contributed by atoms with E-state index in [0.29, 0.717) is 12.1 Å². The van der Waals surface area contributed by atoms with Crippen molar-refractivity contribution in [2.45, 2.75) is 106 Å². The molecule has 1 spiro atoms. The maximum Gasteiger partial charge on any atom is 0.417 e. The summed E-state index contributed by atoms with van der Waals surface area (Å²) in [5.74, 6) is -5.45. The summed E-state index contributed by atoms with van der Waals surface area (Å²) < 4.78 is 174. The Kier molecular flexibility index (Phi) is 16.7. The number of aliphatic hydroxyl groups excluding tert-OH is 1. The molecule has 87 heavy (non-hydrogen) atoms. The van der Waals surface area contributed by atoms with Gasteiger partial charge in [0.2, 0.25) is 5.91 Å². The molecule has 28 heteroatoms. The Morgan fingerprint density at radius 3 is 1.86 bits per heavy atom. The minimum atomic E-state index is -5.14. The molecule has 7 heterocycles. The smallest absolute Gasteiger partial charge is 0.382 e. The molecule has 3 unspecified atom stereocenters. The summed E-state index contributed by atoms with van der Waals surface area (Å²) in [6.07, 6.45) is -13.0. The molecule has 0 aliphatic carbocycles. The molecular formula is C59H57ClF10N8O7S2. The highest BCUT2D eigenvalue weighted by molar-refractivity contribution is 8.00. The summed E-state index contributed by atoms with van der Waals surface area (Å²) in [5.41, 5.74) is -7.44. The first kappa shape index (κ1) is 62.4. The van der Waals surface area contributed by atoms with Crippen LogP contribution in [0.2, 0.25) is 5.02 Å². The lowest BCUT2D eigenvalue weighted by molar-refractivity contribution is -0.137. The van der Waals surface area contributed by atoms with Crippen LogP contribution in [-0.4, -0.2) is 147 Å². The van der Waals surface area contributed by atoms with E-state index in [4.69, 9.17) is 25.8 Å². The number of ether oxygens (including phenoxy) is 3. The monoisotopic (exact) mass is 1280 g/mol. The number of methoxy groups -OCH3 is 1. The van der Waals surface area contributed by atoms with Crippen molar-refractivity contribution in [2.24, 2.45) is 5.41 Å². The molecule has 0 saturated carbocycles. The lowest BCUT2D eigenvalue weighted by atomic mass is 9.88. The molecule has 4 aromatic carbocycles. The first-order valence-corrected chi connectivity index (χ1v) is 29.9. The maximum atomic E-state index is 15.9. The third-order valence-corrected chi connectivity index (χ3v) is 19.7. The highest BCUT2D eigenvalue weighted by Gasteiger charge is 2.47. The van der Waals surface area contributed by atoms with Crippen LogP contribution in [0.4, 0.5) is 55.5 Å². The molecule has 5 aliphatic rings. The molecule has 1 amide bonds. The second-order valence-electron chi connectivity index (χ2n) is 22.9. The Morgan fingerprint density at radius 1 is 0.782 bits per heavy atom. The second-order valence-corrected chi connectivity index (χ2v) is 25.3. The van der Waals surface area contributed by atoms with Crippen molar-refractivity contribution in [1.82, 2.24) is 28.9 Å². The van der Waals surface area contributed by atoms with Crippen molar-refractivity contribution < 1.29 is 68.0 Å². The standard InChI is InChI=1S/C59H57ClF10N8O7S2/c1-8-45(79)77-27(2)16-73(17-28(77)3)52-36-12-38(58(65,66)67)46(34-10-9-32(61)11-41(34)62)50-48(36)75(55(81)71-52)20-33(22-86-50)85-44(21-83-7)31(6)54(80)78-29(4)18-74(19-30(78)5)53-37-13-39(59(68,69)70)47(35-14-40(60)43(64)15-42(35)63)51-49(37)76(56(82)72-53)23-57(26-87-51)24-84-25-57/h8-15,27-30,33,44,54,80H,1,6,16-26H2,2-5,7H3/t27-,28+,29-,30+,33?,44?,54?. The average molecular weight is 1280 g/mol. The third kappa shape index (κ3) is 11.2. The highest BCUT2D eigenvalue weighted by atomic mass is 35.5. The number of halogens is 11. The van der Waals surface area contributed by atoms with E-state index in [1.807, 2.05) is 0 Å². The van der Waals surface area contributed by atoms with Crippen LogP contribution in [0.3, 0.4) is 0 Å². The number of piperazine rings is 2. The molecule has 1 N–H and O–H groups in total. The van der Waals surface area contributed by atoms with Gasteiger partial charge in [-0.25, -0.2) is 27.2 Å². The molecule has 3 saturated heterocycles. The van der Waals surface area contributed by atoms with Gasteiger partial charge in [-0.05, 0) is 69.7 Å². The number of nitrogens with zero attached hydrogens (tertiary/aromatic N) is 8. The summed E-state index contributed by atoms with van der Waals surface area (Å²) in [4.78, 5) is 56.9. The zero-order valence-corrected chi connectivity index (χ0v) is 49.7. The Labute approximate surface area is 504 Å². The fourth-order valence-electron chi connectivity index (χ4n) is 12.9. The molecule has 5 aliphatic heterocycles. The van der Waals surface area contributed by atoms with Crippen LogP contribution in [-0.2, 0) is 44.4 Å². The zero-order chi connectivity index (χ0) is 62.7. The summed E-state index contributed by atoms with van der Waals surface area (Å²) in [5, 5.41) is 11.6. The van der Waals surface area contributed by atoms with E-state index in [-0.39, 0.29) is 125 Å². The Balaban J connectivity index is 0.925. The maximum absolute atomic E-state index is 15.9. The van der Waals surface area contributed by atoms with Gasteiger partial charge in [-0.15, -0.1) is 23.5 Å². The van der Waals surface area contributed by atoms with E-state index >= 15 is 35.1 Å². The van der Waals surface area contributed by atoms with Gasteiger partial charge >= 0.3 is 23.7 Å². The molecule has 0 radical (unpaired) electrons. The molecule has 3 fully saturated rings. The number of hydrogen-bond donors (Lipinski definition) is 1. The van der Waals surface area contributed by atoms with Crippen LogP contribution in [0.15, 0.2) is 86.7 Å². The summed E-state index contributed by atoms with van der Waals surface area (Å²) in [6, 6.07) is 2.56. The molecular weight excluding hydrogens is 1220 g/mol. The van der Waals surface area contributed by atoms with E-state index < -0.39 is 133 Å². The SMILES string of the molecule is C=CC(=O)N1[C@H](C)CN(c2nc(=O)n3c4c(c(-c5ccc(F)cc5F)c(C(F)(F)F)cc24)SCC(OC(COC)C(=C)C(O)N2[C@H](C)CN(c4nc(=O)n5c6c(c(-c7cc(Cl)c(F)cc7F)c(C(F)(F)F)cc46)SCC4(COC4)C5)C[C@@H]2C)C3)C[C@@H]1C. The van der Waals surface area contributed by atoms with E-state index in [9.17, 15) is 28.3 Å². The van der Waals surface area contributed by atoms with Crippen molar-refractivity contribution in [3.05, 3.63) is 128 Å². The van der Waals surface area contributed by atoms with Gasteiger partial charge in [-0.2, -0.15) is 36.3 Å². The molecule has 6 aromatic rings. The van der Waals surface area contributed by atoms with Crippen LogP contribution >= 0.6 is 35.1 Å². The highest BCUT2D eigenvalue weighted by Crippen LogP contribution is 2.53. The minimum absolute atomic E-state index is 0.0117. The molecule has 0 bridgehead atoms. The van der Waals surface area contributed by atoms with E-state index in [1.165, 1.54) is 11.7 Å². The number of benzene rings is 4. The lowest BCUT2D eigenvalue weighted by Gasteiger charge is -2.48. The topological polar surface area (TPSA) is 148 Å². The average Bonchev–Trinajstić information content (AvgIpc) is 1.72. The number of anilines is 2. The van der Waals surface area contributed by atoms with E-state index in [0.717, 1.165) is 64.5 Å². The molecule has 7 atom stereocenters. The number of rotatable bonds is 12. The summed E-state index contributed by atoms with van der Waals surface area (Å²) >= 11 is 7.90. The number of carbonyl (C=O) groups is 1. The lowest BCUT2D eigenvalue weighted by Crippen LogP contribution is -2.61. The van der Waals surface area contributed by atoms with Crippen LogP contribution in [0.1, 0.15) is 38.8 Å². The summed E-state index contributed by atoms with van der Waals surface area (Å²) in [7, 11) is 1.35. The van der Waals surface area contributed by atoms with Crippen molar-refractivity contribution in [2.75, 3.05) is 74.4 Å². The van der Waals surface area contributed by atoms with Crippen molar-refractivity contribution in [3.63, 3.8) is 0 Å². The van der Waals surface area contributed by atoms with Crippen molar-refractivity contribution >= 4 is 74.5 Å². The Hall–Kier alpha value is -6.20. The first-order chi connectivity index (χ1) is 41.0. The van der Waals surface area contributed by atoms with Gasteiger partial charge in [0, 0.05) is 136 Å². The number of aromatic nitrogens is 4. The van der Waals surface area contributed by atoms with Crippen LogP contribution in [0, 0.1) is 28.7 Å². The van der Waals surface area contributed by atoms with E-state index in [1.54, 1.807) is 47.3 Å². The van der Waals surface area contributed by atoms with Crippen LogP contribution in [0.5, 0.6) is 0 Å². The van der Waals surface area contributed by atoms with Gasteiger partial charge < -0.3 is 34.0 Å². The third-order valence-electron chi connectivity index (χ3n) is 16.8. The van der Waals surface area contributed by atoms with Gasteiger partial charge in [0.25, 0.3) is 0 Å². The quantitative estimate of drug-likeness (QED) is 0.0536. The fraction of sp³-hybridized carbons (Fsp3) is 0.441. The fourth-order valence-corrected chi connectivity index (χ4v) is 15.8. The van der Waals surface area contributed by atoms with Gasteiger partial charge in [0.1, 0.15) is 47.2 Å². The number of aliphatic hydroxyl groups is 1.